The summed E-state index contributed by atoms with van der Waals surface area (Å²) in [6.45, 7) is 4.16. The van der Waals surface area contributed by atoms with Crippen LogP contribution in [-0.2, 0) is 22.7 Å². The summed E-state index contributed by atoms with van der Waals surface area (Å²) in [5.41, 5.74) is 4.60. The summed E-state index contributed by atoms with van der Waals surface area (Å²) in [7, 11) is 0. The molecule has 0 aliphatic carbocycles. The fraction of sp³-hybridized carbons (Fsp3) is 0.192. The maximum absolute atomic E-state index is 13.1. The first-order valence-corrected chi connectivity index (χ1v) is 10.8. The van der Waals surface area contributed by atoms with Gasteiger partial charge in [0.05, 0.1) is 36.4 Å². The Morgan fingerprint density at radius 2 is 1.76 bits per heavy atom. The van der Waals surface area contributed by atoms with Crippen LogP contribution in [-0.4, -0.2) is 42.9 Å². The van der Waals surface area contributed by atoms with Crippen LogP contribution in [0.1, 0.15) is 39.7 Å². The topological polar surface area (TPSA) is 107 Å². The Morgan fingerprint density at radius 3 is 2.47 bits per heavy atom. The molecule has 1 N–H and O–H groups in total. The number of allylic oxidation sites excluding steroid dienone is 1. The lowest BCUT2D eigenvalue weighted by Gasteiger charge is -2.08. The van der Waals surface area contributed by atoms with Crippen LogP contribution in [0, 0.1) is 6.92 Å². The van der Waals surface area contributed by atoms with E-state index >= 15 is 0 Å². The van der Waals surface area contributed by atoms with Gasteiger partial charge >= 0.3 is 5.97 Å². The number of ether oxygens (including phenoxy) is 1. The highest BCUT2D eigenvalue weighted by atomic mass is 16.5. The number of aliphatic carboxylic acids is 1. The molecule has 0 saturated heterocycles. The fourth-order valence-electron chi connectivity index (χ4n) is 3.39. The van der Waals surface area contributed by atoms with E-state index in [9.17, 15) is 9.59 Å². The van der Waals surface area contributed by atoms with E-state index < -0.39 is 12.1 Å². The summed E-state index contributed by atoms with van der Waals surface area (Å²) in [6, 6.07) is 15.1. The normalized spacial score (nSPS) is 12.3. The average Bonchev–Trinajstić information content (AvgIpc) is 3.22. The standard InChI is InChI=1S/C26H24N4O4/c1-17-5-11-21(12-6-17)25(31)24-22-14-27-28-15-23(22)30(29-24)13-3-4-19-7-9-20(10-8-19)16-34-18(2)26(32)33/h3-12,14-15,18H,13,16H2,1-2H3,(H,32,33)/t18-/m0/s1. The number of hydrogen-bond donors (Lipinski definition) is 1. The highest BCUT2D eigenvalue weighted by molar-refractivity contribution is 6.14. The predicted octanol–water partition coefficient (Wildman–Crippen LogP) is 4.07. The van der Waals surface area contributed by atoms with Crippen molar-refractivity contribution >= 4 is 28.7 Å². The van der Waals surface area contributed by atoms with Crippen LogP contribution in [0.5, 0.6) is 0 Å². The zero-order valence-corrected chi connectivity index (χ0v) is 18.9. The first-order chi connectivity index (χ1) is 16.4. The molecule has 0 fully saturated rings. The zero-order chi connectivity index (χ0) is 24.1. The third-order valence-electron chi connectivity index (χ3n) is 5.41. The first kappa shape index (κ1) is 23.0. The highest BCUT2D eigenvalue weighted by Crippen LogP contribution is 2.20. The number of ketones is 1. The molecule has 0 unspecified atom stereocenters. The number of carbonyl (C=O) groups excluding carboxylic acids is 1. The van der Waals surface area contributed by atoms with E-state index in [0.29, 0.717) is 23.2 Å². The van der Waals surface area contributed by atoms with E-state index in [4.69, 9.17) is 9.84 Å². The second-order valence-corrected chi connectivity index (χ2v) is 7.95. The Morgan fingerprint density at radius 1 is 1.06 bits per heavy atom. The highest BCUT2D eigenvalue weighted by Gasteiger charge is 2.19. The average molecular weight is 457 g/mol. The Balaban J connectivity index is 1.48. The third-order valence-corrected chi connectivity index (χ3v) is 5.41. The molecule has 8 nitrogen and oxygen atoms in total. The minimum Gasteiger partial charge on any atom is -0.479 e. The van der Waals surface area contributed by atoms with Crippen molar-refractivity contribution in [2.45, 2.75) is 33.1 Å². The molecule has 0 bridgehead atoms. The maximum Gasteiger partial charge on any atom is 0.332 e. The smallest absolute Gasteiger partial charge is 0.332 e. The molecule has 0 aliphatic rings. The molecule has 0 aliphatic heterocycles. The van der Waals surface area contributed by atoms with Crippen molar-refractivity contribution in [3.63, 3.8) is 0 Å². The summed E-state index contributed by atoms with van der Waals surface area (Å²) in [4.78, 5) is 23.9. The zero-order valence-electron chi connectivity index (χ0n) is 18.9. The van der Waals surface area contributed by atoms with Gasteiger partial charge in [0.2, 0.25) is 5.78 Å². The van der Waals surface area contributed by atoms with Crippen LogP contribution in [0.15, 0.2) is 67.0 Å². The number of nitrogens with zero attached hydrogens (tertiary/aromatic N) is 4. The summed E-state index contributed by atoms with van der Waals surface area (Å²) >= 11 is 0. The number of aryl methyl sites for hydroxylation is 1. The number of fused-ring (bicyclic) bond motifs is 1. The summed E-state index contributed by atoms with van der Waals surface area (Å²) in [5, 5.41) is 22.0. The van der Waals surface area contributed by atoms with E-state index in [1.807, 2.05) is 55.5 Å². The van der Waals surface area contributed by atoms with Gasteiger partial charge in [-0.25, -0.2) is 4.79 Å². The van der Waals surface area contributed by atoms with Gasteiger partial charge < -0.3 is 9.84 Å². The van der Waals surface area contributed by atoms with E-state index in [-0.39, 0.29) is 12.4 Å². The largest absolute Gasteiger partial charge is 0.479 e. The molecular weight excluding hydrogens is 432 g/mol. The van der Waals surface area contributed by atoms with Gasteiger partial charge in [0.15, 0.2) is 6.10 Å². The lowest BCUT2D eigenvalue weighted by atomic mass is 10.1. The minimum absolute atomic E-state index is 0.157. The molecule has 4 aromatic rings. The molecule has 4 rings (SSSR count). The summed E-state index contributed by atoms with van der Waals surface area (Å²) in [5.74, 6) is -1.14. The van der Waals surface area contributed by atoms with Crippen molar-refractivity contribution in [3.05, 3.63) is 94.9 Å². The Bertz CT molecular complexity index is 1340. The van der Waals surface area contributed by atoms with Crippen LogP contribution in [0.2, 0.25) is 0 Å². The Kier molecular flexibility index (Phi) is 6.89. The van der Waals surface area contributed by atoms with Gasteiger partial charge in [0.1, 0.15) is 5.69 Å². The Hall–Kier alpha value is -4.17. The first-order valence-electron chi connectivity index (χ1n) is 10.8. The number of carboxylic acid groups (broad SMARTS) is 1. The van der Waals surface area contributed by atoms with Crippen LogP contribution < -0.4 is 0 Å². The molecule has 8 heteroatoms. The second-order valence-electron chi connectivity index (χ2n) is 7.95. The van der Waals surface area contributed by atoms with Gasteiger partial charge in [-0.05, 0) is 25.0 Å². The number of rotatable bonds is 9. The van der Waals surface area contributed by atoms with Gasteiger partial charge in [-0.15, -0.1) is 0 Å². The number of aromatic nitrogens is 4. The van der Waals surface area contributed by atoms with Crippen LogP contribution in [0.4, 0.5) is 0 Å². The van der Waals surface area contributed by atoms with Crippen molar-refractivity contribution in [3.8, 4) is 0 Å². The number of hydrogen-bond acceptors (Lipinski definition) is 6. The number of carboxylic acids is 1. The van der Waals surface area contributed by atoms with Crippen molar-refractivity contribution in [1.29, 1.82) is 0 Å². The summed E-state index contributed by atoms with van der Waals surface area (Å²) < 4.78 is 7.03. The lowest BCUT2D eigenvalue weighted by Crippen LogP contribution is -2.19. The molecule has 0 radical (unpaired) electrons. The van der Waals surface area contributed by atoms with Crippen molar-refractivity contribution in [2.24, 2.45) is 0 Å². The molecule has 172 valence electrons. The molecule has 0 amide bonds. The van der Waals surface area contributed by atoms with Gasteiger partial charge in [-0.2, -0.15) is 15.3 Å². The van der Waals surface area contributed by atoms with E-state index in [2.05, 4.69) is 15.3 Å². The molecule has 2 heterocycles. The molecule has 1 atom stereocenters. The van der Waals surface area contributed by atoms with Crippen LogP contribution in [0.25, 0.3) is 17.0 Å². The molecular formula is C26H24N4O4. The molecule has 2 aromatic carbocycles. The Labute approximate surface area is 196 Å². The predicted molar refractivity (Wildman–Crippen MR) is 127 cm³/mol. The van der Waals surface area contributed by atoms with E-state index in [1.54, 1.807) is 29.2 Å². The van der Waals surface area contributed by atoms with E-state index in [0.717, 1.165) is 22.2 Å². The molecule has 34 heavy (non-hydrogen) atoms. The molecule has 0 saturated carbocycles. The lowest BCUT2D eigenvalue weighted by molar-refractivity contribution is -0.149. The minimum atomic E-state index is -0.986. The molecule has 2 aromatic heterocycles. The fourth-order valence-corrected chi connectivity index (χ4v) is 3.39. The van der Waals surface area contributed by atoms with E-state index in [1.165, 1.54) is 6.92 Å². The van der Waals surface area contributed by atoms with Gasteiger partial charge in [-0.1, -0.05) is 66.2 Å². The van der Waals surface area contributed by atoms with Gasteiger partial charge in [0.25, 0.3) is 0 Å². The third kappa shape index (κ3) is 5.24. The van der Waals surface area contributed by atoms with Crippen molar-refractivity contribution in [2.75, 3.05) is 0 Å². The van der Waals surface area contributed by atoms with Gasteiger partial charge in [-0.3, -0.25) is 9.48 Å². The SMILES string of the molecule is Cc1ccc(C(=O)c2nn(CC=Cc3ccc(CO[C@@H](C)C(=O)O)cc3)c3cnncc23)cc1. The quantitative estimate of drug-likeness (QED) is 0.378. The maximum atomic E-state index is 13.1. The van der Waals surface area contributed by atoms with Crippen molar-refractivity contribution < 1.29 is 19.4 Å². The van der Waals surface area contributed by atoms with Crippen LogP contribution in [0.3, 0.4) is 0 Å². The van der Waals surface area contributed by atoms with Crippen LogP contribution >= 0.6 is 0 Å². The van der Waals surface area contributed by atoms with Gasteiger partial charge in [0, 0.05) is 5.56 Å². The number of carbonyl (C=O) groups is 2. The summed E-state index contributed by atoms with van der Waals surface area (Å²) in [6.07, 6.45) is 6.22. The number of benzene rings is 2. The monoisotopic (exact) mass is 456 g/mol. The second kappa shape index (κ2) is 10.2. The molecule has 0 spiro atoms. The van der Waals surface area contributed by atoms with Crippen molar-refractivity contribution in [1.82, 2.24) is 20.0 Å².